The molecule has 2 rings (SSSR count). The lowest BCUT2D eigenvalue weighted by atomic mass is 10.0. The van der Waals surface area contributed by atoms with Gasteiger partial charge in [0.25, 0.3) is 0 Å². The van der Waals surface area contributed by atoms with E-state index in [9.17, 15) is 4.39 Å². The molecule has 0 aromatic heterocycles. The number of alkyl halides is 1. The number of benzene rings is 2. The lowest BCUT2D eigenvalue weighted by Gasteiger charge is -2.11. The minimum atomic E-state index is -0.316. The van der Waals surface area contributed by atoms with E-state index >= 15 is 0 Å². The molecule has 0 aliphatic heterocycles. The highest BCUT2D eigenvalue weighted by molar-refractivity contribution is 9.10. The molecule has 0 saturated carbocycles. The van der Waals surface area contributed by atoms with Crippen molar-refractivity contribution in [2.45, 2.75) is 5.38 Å². The Bertz CT molecular complexity index is 525. The van der Waals surface area contributed by atoms with Gasteiger partial charge in [0.05, 0.1) is 10.4 Å². The van der Waals surface area contributed by atoms with Crippen molar-refractivity contribution in [3.8, 4) is 0 Å². The summed E-state index contributed by atoms with van der Waals surface area (Å²) in [5.41, 5.74) is 1.76. The first kappa shape index (κ1) is 12.9. The zero-order valence-corrected chi connectivity index (χ0v) is 11.7. The maximum absolute atomic E-state index is 12.8. The zero-order chi connectivity index (χ0) is 12.4. The first-order valence-electron chi connectivity index (χ1n) is 4.92. The van der Waals surface area contributed by atoms with Gasteiger partial charge in [0.2, 0.25) is 0 Å². The van der Waals surface area contributed by atoms with Crippen molar-refractivity contribution in [3.05, 3.63) is 68.9 Å². The fourth-order valence-corrected chi connectivity index (χ4v) is 2.29. The van der Waals surface area contributed by atoms with Crippen LogP contribution in [0.4, 0.5) is 4.39 Å². The van der Waals surface area contributed by atoms with Gasteiger partial charge in [-0.15, -0.1) is 11.6 Å². The predicted octanol–water partition coefficient (Wildman–Crippen LogP) is 5.57. The van der Waals surface area contributed by atoms with Crippen LogP contribution < -0.4 is 0 Å². The minimum Gasteiger partial charge on any atom is -0.207 e. The van der Waals surface area contributed by atoms with Gasteiger partial charge in [-0.25, -0.2) is 4.39 Å². The van der Waals surface area contributed by atoms with Crippen LogP contribution in [-0.4, -0.2) is 0 Å². The van der Waals surface area contributed by atoms with Crippen molar-refractivity contribution < 1.29 is 4.39 Å². The highest BCUT2D eigenvalue weighted by Crippen LogP contribution is 2.32. The van der Waals surface area contributed by atoms with E-state index in [1.54, 1.807) is 18.2 Å². The summed E-state index contributed by atoms with van der Waals surface area (Å²) >= 11 is 15.6. The molecular formula is C13H8BrCl2F. The Balaban J connectivity index is 2.33. The minimum absolute atomic E-state index is 0.269. The van der Waals surface area contributed by atoms with Crippen LogP contribution in [0, 0.1) is 5.82 Å². The largest absolute Gasteiger partial charge is 0.207 e. The monoisotopic (exact) mass is 332 g/mol. The summed E-state index contributed by atoms with van der Waals surface area (Å²) in [6.07, 6.45) is 0. The summed E-state index contributed by atoms with van der Waals surface area (Å²) in [5.74, 6) is -0.269. The van der Waals surface area contributed by atoms with Crippen LogP contribution in [0.15, 0.2) is 46.9 Å². The van der Waals surface area contributed by atoms with Gasteiger partial charge in [-0.3, -0.25) is 0 Å². The predicted molar refractivity (Wildman–Crippen MR) is 73.2 cm³/mol. The summed E-state index contributed by atoms with van der Waals surface area (Å²) in [4.78, 5) is 0. The fourth-order valence-electron chi connectivity index (χ4n) is 1.49. The molecule has 88 valence electrons. The molecule has 0 aliphatic rings. The molecule has 0 nitrogen and oxygen atoms in total. The van der Waals surface area contributed by atoms with Crippen molar-refractivity contribution in [3.63, 3.8) is 0 Å². The fraction of sp³-hybridized carbons (Fsp3) is 0.0769. The molecule has 0 N–H and O–H groups in total. The standard InChI is InChI=1S/C13H8BrCl2F/c14-11-7-9(3-6-12(11)15)13(16)8-1-4-10(17)5-2-8/h1-7,13H. The van der Waals surface area contributed by atoms with Gasteiger partial charge < -0.3 is 0 Å². The van der Waals surface area contributed by atoms with E-state index in [1.165, 1.54) is 12.1 Å². The molecule has 0 heterocycles. The summed E-state index contributed by atoms with van der Waals surface area (Å²) in [6.45, 7) is 0. The Labute approximate surface area is 117 Å². The lowest BCUT2D eigenvalue weighted by Crippen LogP contribution is -1.93. The zero-order valence-electron chi connectivity index (χ0n) is 8.63. The molecule has 0 radical (unpaired) electrons. The van der Waals surface area contributed by atoms with Crippen LogP contribution in [0.1, 0.15) is 16.5 Å². The second-order valence-electron chi connectivity index (χ2n) is 3.59. The maximum Gasteiger partial charge on any atom is 0.123 e. The molecule has 1 unspecified atom stereocenters. The van der Waals surface area contributed by atoms with Crippen LogP contribution >= 0.6 is 39.1 Å². The topological polar surface area (TPSA) is 0 Å². The smallest absolute Gasteiger partial charge is 0.123 e. The number of hydrogen-bond acceptors (Lipinski definition) is 0. The number of hydrogen-bond donors (Lipinski definition) is 0. The van der Waals surface area contributed by atoms with E-state index in [2.05, 4.69) is 15.9 Å². The quantitative estimate of drug-likeness (QED) is 0.630. The summed E-state index contributed by atoms with van der Waals surface area (Å²) in [7, 11) is 0. The molecule has 0 bridgehead atoms. The molecule has 4 heteroatoms. The molecule has 0 saturated heterocycles. The SMILES string of the molecule is Fc1ccc(C(Cl)c2ccc(Cl)c(Br)c2)cc1. The van der Waals surface area contributed by atoms with E-state index in [0.29, 0.717) is 5.02 Å². The number of halogens is 4. The van der Waals surface area contributed by atoms with Gasteiger partial charge in [0.15, 0.2) is 0 Å². The first-order chi connectivity index (χ1) is 8.08. The third-order valence-electron chi connectivity index (χ3n) is 2.40. The molecule has 0 aliphatic carbocycles. The normalized spacial score (nSPS) is 12.5. The Morgan fingerprint density at radius 1 is 1.00 bits per heavy atom. The van der Waals surface area contributed by atoms with E-state index in [0.717, 1.165) is 15.6 Å². The molecule has 2 aromatic rings. The second-order valence-corrected chi connectivity index (χ2v) is 5.29. The van der Waals surface area contributed by atoms with E-state index in [-0.39, 0.29) is 11.2 Å². The molecule has 0 amide bonds. The summed E-state index contributed by atoms with van der Waals surface area (Å²) in [5, 5.41) is 0.320. The van der Waals surface area contributed by atoms with Crippen molar-refractivity contribution in [2.24, 2.45) is 0 Å². The van der Waals surface area contributed by atoms with E-state index < -0.39 is 0 Å². The molecule has 0 spiro atoms. The van der Waals surface area contributed by atoms with Gasteiger partial charge >= 0.3 is 0 Å². The van der Waals surface area contributed by atoms with Crippen molar-refractivity contribution in [1.82, 2.24) is 0 Å². The van der Waals surface area contributed by atoms with Crippen LogP contribution in [0.2, 0.25) is 5.02 Å². The number of rotatable bonds is 2. The lowest BCUT2D eigenvalue weighted by molar-refractivity contribution is 0.627. The van der Waals surface area contributed by atoms with Crippen LogP contribution in [0.25, 0.3) is 0 Å². The Morgan fingerprint density at radius 3 is 2.18 bits per heavy atom. The molecule has 1 atom stereocenters. The second kappa shape index (κ2) is 5.38. The van der Waals surface area contributed by atoms with E-state index in [4.69, 9.17) is 23.2 Å². The Morgan fingerprint density at radius 2 is 1.59 bits per heavy atom. The van der Waals surface area contributed by atoms with Crippen LogP contribution in [0.3, 0.4) is 0 Å². The molecule has 2 aromatic carbocycles. The maximum atomic E-state index is 12.8. The van der Waals surface area contributed by atoms with Crippen LogP contribution in [-0.2, 0) is 0 Å². The van der Waals surface area contributed by atoms with Gasteiger partial charge in [0.1, 0.15) is 5.82 Å². The average molecular weight is 334 g/mol. The van der Waals surface area contributed by atoms with Crippen molar-refractivity contribution in [2.75, 3.05) is 0 Å². The molecule has 17 heavy (non-hydrogen) atoms. The Hall–Kier alpha value is -0.570. The van der Waals surface area contributed by atoms with Gasteiger partial charge in [0, 0.05) is 4.47 Å². The summed E-state index contributed by atoms with van der Waals surface area (Å²) in [6, 6.07) is 11.6. The van der Waals surface area contributed by atoms with Gasteiger partial charge in [-0.1, -0.05) is 29.8 Å². The summed E-state index contributed by atoms with van der Waals surface area (Å²) < 4.78 is 13.6. The third kappa shape index (κ3) is 3.01. The molecular weight excluding hydrogens is 326 g/mol. The van der Waals surface area contributed by atoms with Crippen molar-refractivity contribution >= 4 is 39.1 Å². The van der Waals surface area contributed by atoms with Gasteiger partial charge in [-0.05, 0) is 51.3 Å². The Kier molecular flexibility index (Phi) is 4.08. The van der Waals surface area contributed by atoms with E-state index in [1.807, 2.05) is 12.1 Å². The third-order valence-corrected chi connectivity index (χ3v) is 4.12. The van der Waals surface area contributed by atoms with Crippen LogP contribution in [0.5, 0.6) is 0 Å². The first-order valence-corrected chi connectivity index (χ1v) is 6.53. The average Bonchev–Trinajstić information content (AvgIpc) is 2.33. The van der Waals surface area contributed by atoms with Gasteiger partial charge in [-0.2, -0.15) is 0 Å². The van der Waals surface area contributed by atoms with Crippen molar-refractivity contribution in [1.29, 1.82) is 0 Å². The molecule has 0 fully saturated rings. The highest BCUT2D eigenvalue weighted by atomic mass is 79.9. The highest BCUT2D eigenvalue weighted by Gasteiger charge is 2.12.